The van der Waals surface area contributed by atoms with Crippen LogP contribution < -0.4 is 11.1 Å². The predicted octanol–water partition coefficient (Wildman–Crippen LogP) is 2.16. The minimum atomic E-state index is -0.623. The molecule has 1 aromatic carbocycles. The van der Waals surface area contributed by atoms with Crippen molar-refractivity contribution >= 4 is 5.91 Å². The standard InChI is InChI=1S/C14H21FN2O/c1-9(10(2)16)13(18)17-14(3,4)11-6-5-7-12(15)8-11/h5-10H,16H2,1-4H3,(H,17,18). The fourth-order valence-electron chi connectivity index (χ4n) is 1.61. The van der Waals surface area contributed by atoms with Crippen LogP contribution in [0.25, 0.3) is 0 Å². The SMILES string of the molecule is CC(N)C(C)C(=O)NC(C)(C)c1cccc(F)c1. The normalized spacial score (nSPS) is 15.0. The van der Waals surface area contributed by atoms with Crippen LogP contribution in [0.5, 0.6) is 0 Å². The fourth-order valence-corrected chi connectivity index (χ4v) is 1.61. The van der Waals surface area contributed by atoms with Crippen molar-refractivity contribution in [1.29, 1.82) is 0 Å². The van der Waals surface area contributed by atoms with Gasteiger partial charge in [0.25, 0.3) is 0 Å². The van der Waals surface area contributed by atoms with Crippen molar-refractivity contribution in [1.82, 2.24) is 5.32 Å². The molecule has 0 aliphatic carbocycles. The van der Waals surface area contributed by atoms with Crippen molar-refractivity contribution in [2.75, 3.05) is 0 Å². The summed E-state index contributed by atoms with van der Waals surface area (Å²) in [4.78, 5) is 12.0. The first-order valence-corrected chi connectivity index (χ1v) is 6.07. The van der Waals surface area contributed by atoms with Crippen LogP contribution in [0.4, 0.5) is 4.39 Å². The second-order valence-electron chi connectivity index (χ2n) is 5.27. The summed E-state index contributed by atoms with van der Waals surface area (Å²) < 4.78 is 13.2. The van der Waals surface area contributed by atoms with Crippen molar-refractivity contribution < 1.29 is 9.18 Å². The number of nitrogens with two attached hydrogens (primary N) is 1. The number of benzene rings is 1. The number of hydrogen-bond acceptors (Lipinski definition) is 2. The maximum Gasteiger partial charge on any atom is 0.225 e. The topological polar surface area (TPSA) is 55.1 Å². The van der Waals surface area contributed by atoms with Crippen LogP contribution in [-0.4, -0.2) is 11.9 Å². The van der Waals surface area contributed by atoms with Crippen LogP contribution in [0, 0.1) is 11.7 Å². The minimum Gasteiger partial charge on any atom is -0.347 e. The molecule has 1 rings (SSSR count). The molecule has 3 nitrogen and oxygen atoms in total. The molecule has 0 radical (unpaired) electrons. The first kappa shape index (κ1) is 14.6. The van der Waals surface area contributed by atoms with E-state index in [0.29, 0.717) is 0 Å². The van der Waals surface area contributed by atoms with Gasteiger partial charge >= 0.3 is 0 Å². The van der Waals surface area contributed by atoms with Crippen molar-refractivity contribution in [3.05, 3.63) is 35.6 Å². The molecule has 100 valence electrons. The van der Waals surface area contributed by atoms with Crippen molar-refractivity contribution in [2.24, 2.45) is 11.7 Å². The van der Waals surface area contributed by atoms with E-state index in [1.165, 1.54) is 12.1 Å². The van der Waals surface area contributed by atoms with E-state index in [4.69, 9.17) is 5.73 Å². The molecule has 2 unspecified atom stereocenters. The van der Waals surface area contributed by atoms with E-state index < -0.39 is 5.54 Å². The van der Waals surface area contributed by atoms with Crippen LogP contribution in [0.2, 0.25) is 0 Å². The maximum atomic E-state index is 13.2. The zero-order chi connectivity index (χ0) is 13.9. The molecule has 1 amide bonds. The molecular weight excluding hydrogens is 231 g/mol. The Bertz CT molecular complexity index is 430. The average molecular weight is 252 g/mol. The first-order chi connectivity index (χ1) is 8.24. The van der Waals surface area contributed by atoms with Crippen molar-refractivity contribution in [3.8, 4) is 0 Å². The van der Waals surface area contributed by atoms with E-state index in [9.17, 15) is 9.18 Å². The van der Waals surface area contributed by atoms with E-state index >= 15 is 0 Å². The molecule has 0 heterocycles. The highest BCUT2D eigenvalue weighted by Gasteiger charge is 2.26. The lowest BCUT2D eigenvalue weighted by molar-refractivity contribution is -0.126. The monoisotopic (exact) mass is 252 g/mol. The van der Waals surface area contributed by atoms with E-state index in [2.05, 4.69) is 5.32 Å². The molecule has 0 aromatic heterocycles. The molecular formula is C14H21FN2O. The van der Waals surface area contributed by atoms with Gasteiger partial charge in [0, 0.05) is 12.0 Å². The third kappa shape index (κ3) is 3.53. The van der Waals surface area contributed by atoms with Crippen LogP contribution in [0.1, 0.15) is 33.3 Å². The van der Waals surface area contributed by atoms with Gasteiger partial charge in [0.05, 0.1) is 5.54 Å². The third-order valence-corrected chi connectivity index (χ3v) is 3.18. The van der Waals surface area contributed by atoms with E-state index in [1.54, 1.807) is 26.0 Å². The largest absolute Gasteiger partial charge is 0.347 e. The Morgan fingerprint density at radius 2 is 2.00 bits per heavy atom. The minimum absolute atomic E-state index is 0.126. The van der Waals surface area contributed by atoms with E-state index in [-0.39, 0.29) is 23.7 Å². The second kappa shape index (κ2) is 5.48. The third-order valence-electron chi connectivity index (χ3n) is 3.18. The van der Waals surface area contributed by atoms with Crippen molar-refractivity contribution in [3.63, 3.8) is 0 Å². The molecule has 0 saturated carbocycles. The number of nitrogens with one attached hydrogen (secondary N) is 1. The Morgan fingerprint density at radius 1 is 1.39 bits per heavy atom. The number of rotatable bonds is 4. The summed E-state index contributed by atoms with van der Waals surface area (Å²) in [7, 11) is 0. The quantitative estimate of drug-likeness (QED) is 0.862. The molecule has 0 spiro atoms. The summed E-state index contributed by atoms with van der Waals surface area (Å²) in [6, 6.07) is 6.02. The zero-order valence-corrected chi connectivity index (χ0v) is 11.3. The van der Waals surface area contributed by atoms with Crippen LogP contribution in [0.3, 0.4) is 0 Å². The van der Waals surface area contributed by atoms with Gasteiger partial charge in [-0.3, -0.25) is 4.79 Å². The Balaban J connectivity index is 2.85. The van der Waals surface area contributed by atoms with E-state index in [1.807, 2.05) is 13.8 Å². The van der Waals surface area contributed by atoms with Gasteiger partial charge in [-0.25, -0.2) is 4.39 Å². The van der Waals surface area contributed by atoms with Gasteiger partial charge in [0.1, 0.15) is 5.82 Å². The Kier molecular flexibility index (Phi) is 4.46. The number of halogens is 1. The van der Waals surface area contributed by atoms with Gasteiger partial charge in [0.15, 0.2) is 0 Å². The summed E-state index contributed by atoms with van der Waals surface area (Å²) in [5.74, 6) is -0.716. The summed E-state index contributed by atoms with van der Waals surface area (Å²) >= 11 is 0. The highest BCUT2D eigenvalue weighted by molar-refractivity contribution is 5.79. The zero-order valence-electron chi connectivity index (χ0n) is 11.3. The van der Waals surface area contributed by atoms with Crippen LogP contribution in [-0.2, 0) is 10.3 Å². The maximum absolute atomic E-state index is 13.2. The molecule has 4 heteroatoms. The van der Waals surface area contributed by atoms with Crippen LogP contribution in [0.15, 0.2) is 24.3 Å². The Labute approximate surface area is 108 Å². The molecule has 18 heavy (non-hydrogen) atoms. The number of hydrogen-bond donors (Lipinski definition) is 2. The predicted molar refractivity (Wildman–Crippen MR) is 70.4 cm³/mol. The Hall–Kier alpha value is -1.42. The average Bonchev–Trinajstić information content (AvgIpc) is 2.27. The highest BCUT2D eigenvalue weighted by Crippen LogP contribution is 2.21. The lowest BCUT2D eigenvalue weighted by Crippen LogP contribution is -2.47. The molecule has 3 N–H and O–H groups in total. The second-order valence-corrected chi connectivity index (χ2v) is 5.27. The molecule has 0 aliphatic rings. The lowest BCUT2D eigenvalue weighted by atomic mass is 9.92. The van der Waals surface area contributed by atoms with Gasteiger partial charge in [0.2, 0.25) is 5.91 Å². The van der Waals surface area contributed by atoms with Gasteiger partial charge in [-0.05, 0) is 38.5 Å². The first-order valence-electron chi connectivity index (χ1n) is 6.07. The molecule has 2 atom stereocenters. The van der Waals surface area contributed by atoms with Gasteiger partial charge < -0.3 is 11.1 Å². The smallest absolute Gasteiger partial charge is 0.225 e. The highest BCUT2D eigenvalue weighted by atomic mass is 19.1. The van der Waals surface area contributed by atoms with Crippen LogP contribution >= 0.6 is 0 Å². The summed E-state index contributed by atoms with van der Waals surface area (Å²) in [6.45, 7) is 7.25. The van der Waals surface area contributed by atoms with E-state index in [0.717, 1.165) is 5.56 Å². The van der Waals surface area contributed by atoms with Gasteiger partial charge in [-0.1, -0.05) is 19.1 Å². The number of amides is 1. The summed E-state index contributed by atoms with van der Waals surface area (Å²) in [5.41, 5.74) is 5.80. The number of carbonyl (C=O) groups is 1. The summed E-state index contributed by atoms with van der Waals surface area (Å²) in [6.07, 6.45) is 0. The van der Waals surface area contributed by atoms with Gasteiger partial charge in [-0.15, -0.1) is 0 Å². The molecule has 0 bridgehead atoms. The summed E-state index contributed by atoms with van der Waals surface area (Å²) in [5, 5.41) is 2.90. The molecule has 1 aromatic rings. The van der Waals surface area contributed by atoms with Gasteiger partial charge in [-0.2, -0.15) is 0 Å². The Morgan fingerprint density at radius 3 is 2.50 bits per heavy atom. The molecule has 0 fully saturated rings. The molecule has 0 saturated heterocycles. The van der Waals surface area contributed by atoms with Crippen molar-refractivity contribution in [2.45, 2.75) is 39.3 Å². The number of carbonyl (C=O) groups excluding carboxylic acids is 1. The fraction of sp³-hybridized carbons (Fsp3) is 0.500. The lowest BCUT2D eigenvalue weighted by Gasteiger charge is -2.29. The molecule has 0 aliphatic heterocycles.